The van der Waals surface area contributed by atoms with E-state index in [1.165, 1.54) is 11.5 Å². The first-order chi connectivity index (χ1) is 7.27. The van der Waals surface area contributed by atoms with E-state index >= 15 is 0 Å². The third-order valence-electron chi connectivity index (χ3n) is 1.83. The van der Waals surface area contributed by atoms with Crippen LogP contribution in [0.2, 0.25) is 5.15 Å². The van der Waals surface area contributed by atoms with Crippen LogP contribution in [0.1, 0.15) is 18.7 Å². The minimum Gasteiger partial charge on any atom is -0.359 e. The first kappa shape index (κ1) is 10.3. The van der Waals surface area contributed by atoms with Crippen LogP contribution >= 0.6 is 23.1 Å². The number of hydrogen-bond acceptors (Lipinski definition) is 6. The molecule has 0 aliphatic rings. The summed E-state index contributed by atoms with van der Waals surface area (Å²) >= 11 is 7.17. The second kappa shape index (κ2) is 4.50. The normalized spacial score (nSPS) is 12.4. The summed E-state index contributed by atoms with van der Waals surface area (Å²) in [7, 11) is 0. The molecule has 7 heteroatoms. The summed E-state index contributed by atoms with van der Waals surface area (Å²) in [6.07, 6.45) is 3.13. The molecule has 1 atom stereocenters. The van der Waals surface area contributed by atoms with Gasteiger partial charge < -0.3 is 5.32 Å². The Balaban J connectivity index is 2.13. The van der Waals surface area contributed by atoms with E-state index in [0.29, 0.717) is 11.0 Å². The Kier molecular flexibility index (Phi) is 3.08. The highest BCUT2D eigenvalue weighted by atomic mass is 35.5. The highest BCUT2D eigenvalue weighted by molar-refractivity contribution is 7.03. The first-order valence-corrected chi connectivity index (χ1v) is 5.49. The Bertz CT molecular complexity index is 432. The maximum Gasteiger partial charge on any atom is 0.171 e. The molecule has 0 fully saturated rings. The Hall–Kier alpha value is -1.27. The average Bonchev–Trinajstić information content (AvgIpc) is 2.74. The summed E-state index contributed by atoms with van der Waals surface area (Å²) in [5.41, 5.74) is 0.863. The van der Waals surface area contributed by atoms with E-state index in [9.17, 15) is 0 Å². The minimum atomic E-state index is 0.0120. The van der Waals surface area contributed by atoms with Gasteiger partial charge in [-0.25, -0.2) is 9.97 Å². The van der Waals surface area contributed by atoms with Crippen molar-refractivity contribution in [1.82, 2.24) is 19.6 Å². The smallest absolute Gasteiger partial charge is 0.171 e. The quantitative estimate of drug-likeness (QED) is 0.892. The summed E-state index contributed by atoms with van der Waals surface area (Å²) in [4.78, 5) is 8.00. The topological polar surface area (TPSA) is 63.6 Å². The molecule has 0 saturated heterocycles. The molecular formula is C8H8ClN5S. The summed E-state index contributed by atoms with van der Waals surface area (Å²) in [5, 5.41) is 9.30. The third kappa shape index (κ3) is 2.40. The van der Waals surface area contributed by atoms with Crippen LogP contribution in [0.4, 0.5) is 5.82 Å². The van der Waals surface area contributed by atoms with Crippen LogP contribution < -0.4 is 5.32 Å². The molecule has 2 heterocycles. The van der Waals surface area contributed by atoms with Gasteiger partial charge in [-0.3, -0.25) is 0 Å². The molecule has 0 aromatic carbocycles. The SMILES string of the molecule is CC(Nc1nccnc1Cl)c1csnn1. The van der Waals surface area contributed by atoms with E-state index in [-0.39, 0.29) is 6.04 Å². The van der Waals surface area contributed by atoms with E-state index in [1.54, 1.807) is 12.4 Å². The van der Waals surface area contributed by atoms with Gasteiger partial charge in [0.15, 0.2) is 11.0 Å². The van der Waals surface area contributed by atoms with Crippen molar-refractivity contribution in [3.8, 4) is 0 Å². The van der Waals surface area contributed by atoms with Crippen LogP contribution in [0.25, 0.3) is 0 Å². The molecule has 0 saturated carbocycles. The number of hydrogen-bond donors (Lipinski definition) is 1. The number of anilines is 1. The van der Waals surface area contributed by atoms with Crippen molar-refractivity contribution >= 4 is 29.0 Å². The molecule has 0 bridgehead atoms. The molecule has 0 radical (unpaired) electrons. The molecule has 2 aromatic rings. The van der Waals surface area contributed by atoms with Gasteiger partial charge in [-0.05, 0) is 18.5 Å². The predicted molar refractivity (Wildman–Crippen MR) is 59.0 cm³/mol. The fourth-order valence-electron chi connectivity index (χ4n) is 1.06. The molecule has 0 aliphatic heterocycles. The van der Waals surface area contributed by atoms with Crippen molar-refractivity contribution in [1.29, 1.82) is 0 Å². The van der Waals surface area contributed by atoms with Crippen LogP contribution in [-0.2, 0) is 0 Å². The van der Waals surface area contributed by atoms with Gasteiger partial charge in [0, 0.05) is 17.8 Å². The lowest BCUT2D eigenvalue weighted by Gasteiger charge is -2.11. The van der Waals surface area contributed by atoms with Crippen LogP contribution in [-0.4, -0.2) is 19.6 Å². The molecule has 0 aliphatic carbocycles. The zero-order valence-corrected chi connectivity index (χ0v) is 9.46. The lowest BCUT2D eigenvalue weighted by Crippen LogP contribution is -2.09. The third-order valence-corrected chi connectivity index (χ3v) is 2.63. The Morgan fingerprint density at radius 2 is 2.20 bits per heavy atom. The Morgan fingerprint density at radius 3 is 2.87 bits per heavy atom. The number of aromatic nitrogens is 4. The molecule has 78 valence electrons. The number of halogens is 1. The van der Waals surface area contributed by atoms with Gasteiger partial charge in [0.2, 0.25) is 0 Å². The van der Waals surface area contributed by atoms with Crippen molar-refractivity contribution in [2.75, 3.05) is 5.32 Å². The van der Waals surface area contributed by atoms with Gasteiger partial charge >= 0.3 is 0 Å². The summed E-state index contributed by atoms with van der Waals surface area (Å²) < 4.78 is 3.79. The summed E-state index contributed by atoms with van der Waals surface area (Å²) in [6, 6.07) is 0.0120. The standard InChI is InChI=1S/C8H8ClN5S/c1-5(6-4-15-14-13-6)12-8-7(9)10-2-3-11-8/h2-5H,1H3,(H,11,12). The van der Waals surface area contributed by atoms with Crippen molar-refractivity contribution in [3.05, 3.63) is 28.6 Å². The molecule has 2 rings (SSSR count). The predicted octanol–water partition coefficient (Wildman–Crippen LogP) is 2.15. The first-order valence-electron chi connectivity index (χ1n) is 4.27. The zero-order chi connectivity index (χ0) is 10.7. The molecule has 5 nitrogen and oxygen atoms in total. The van der Waals surface area contributed by atoms with Gasteiger partial charge in [0.05, 0.1) is 11.7 Å². The van der Waals surface area contributed by atoms with E-state index in [4.69, 9.17) is 11.6 Å². The number of rotatable bonds is 3. The Morgan fingerprint density at radius 1 is 1.40 bits per heavy atom. The van der Waals surface area contributed by atoms with Crippen molar-refractivity contribution in [3.63, 3.8) is 0 Å². The fourth-order valence-corrected chi connectivity index (χ4v) is 1.76. The van der Waals surface area contributed by atoms with E-state index in [0.717, 1.165) is 5.69 Å². The van der Waals surface area contributed by atoms with Crippen molar-refractivity contribution in [2.45, 2.75) is 13.0 Å². The molecule has 1 unspecified atom stereocenters. The van der Waals surface area contributed by atoms with Crippen molar-refractivity contribution in [2.24, 2.45) is 0 Å². The number of nitrogens with one attached hydrogen (secondary N) is 1. The van der Waals surface area contributed by atoms with Crippen LogP contribution in [0.3, 0.4) is 0 Å². The van der Waals surface area contributed by atoms with Gasteiger partial charge in [0.25, 0.3) is 0 Å². The zero-order valence-electron chi connectivity index (χ0n) is 7.88. The highest BCUT2D eigenvalue weighted by Crippen LogP contribution is 2.20. The second-order valence-corrected chi connectivity index (χ2v) is 3.86. The largest absolute Gasteiger partial charge is 0.359 e. The van der Waals surface area contributed by atoms with E-state index < -0.39 is 0 Å². The maximum atomic E-state index is 5.86. The maximum absolute atomic E-state index is 5.86. The lowest BCUT2D eigenvalue weighted by molar-refractivity contribution is 0.819. The molecule has 0 spiro atoms. The van der Waals surface area contributed by atoms with E-state index in [2.05, 4.69) is 24.9 Å². The second-order valence-electron chi connectivity index (χ2n) is 2.89. The molecule has 1 N–H and O–H groups in total. The van der Waals surface area contributed by atoms with Gasteiger partial charge in [-0.1, -0.05) is 16.1 Å². The van der Waals surface area contributed by atoms with Crippen LogP contribution in [0.5, 0.6) is 0 Å². The van der Waals surface area contributed by atoms with Crippen LogP contribution in [0.15, 0.2) is 17.8 Å². The van der Waals surface area contributed by atoms with E-state index in [1.807, 2.05) is 12.3 Å². The Labute approximate surface area is 95.7 Å². The van der Waals surface area contributed by atoms with Gasteiger partial charge in [-0.2, -0.15) is 0 Å². The summed E-state index contributed by atoms with van der Waals surface area (Å²) in [6.45, 7) is 1.96. The monoisotopic (exact) mass is 241 g/mol. The molecule has 0 amide bonds. The van der Waals surface area contributed by atoms with Crippen molar-refractivity contribution < 1.29 is 0 Å². The number of nitrogens with zero attached hydrogens (tertiary/aromatic N) is 4. The molecule has 15 heavy (non-hydrogen) atoms. The summed E-state index contributed by atoms with van der Waals surface area (Å²) in [5.74, 6) is 0.555. The van der Waals surface area contributed by atoms with Gasteiger partial charge in [0.1, 0.15) is 0 Å². The minimum absolute atomic E-state index is 0.0120. The van der Waals surface area contributed by atoms with Gasteiger partial charge in [-0.15, -0.1) is 5.10 Å². The lowest BCUT2D eigenvalue weighted by atomic mass is 10.3. The molecular weight excluding hydrogens is 234 g/mol. The van der Waals surface area contributed by atoms with Crippen LogP contribution in [0, 0.1) is 0 Å². The fraction of sp³-hybridized carbons (Fsp3) is 0.250. The highest BCUT2D eigenvalue weighted by Gasteiger charge is 2.10. The molecule has 2 aromatic heterocycles. The average molecular weight is 242 g/mol.